The Morgan fingerprint density at radius 1 is 1.00 bits per heavy atom. The molecule has 0 spiro atoms. The normalized spacial score (nSPS) is 11.2. The van der Waals surface area contributed by atoms with E-state index in [4.69, 9.17) is 11.6 Å². The molecular weight excluding hydrogens is 402 g/mol. The third kappa shape index (κ3) is 3.50. The van der Waals surface area contributed by atoms with E-state index < -0.39 is 0 Å². The topological polar surface area (TPSA) is 50.7 Å². The first-order valence-corrected chi connectivity index (χ1v) is 10.4. The van der Waals surface area contributed by atoms with Crippen LogP contribution in [0.3, 0.4) is 0 Å². The maximum Gasteiger partial charge on any atom is 0.250 e. The van der Waals surface area contributed by atoms with Gasteiger partial charge in [0.1, 0.15) is 0 Å². The molecule has 0 aliphatic heterocycles. The van der Waals surface area contributed by atoms with Crippen LogP contribution in [0.1, 0.15) is 5.56 Å². The highest BCUT2D eigenvalue weighted by Crippen LogP contribution is 2.29. The predicted molar refractivity (Wildman–Crippen MR) is 120 cm³/mol. The van der Waals surface area contributed by atoms with Crippen molar-refractivity contribution < 1.29 is 0 Å². The molecule has 3 aromatic heterocycles. The molecule has 29 heavy (non-hydrogen) atoms. The van der Waals surface area contributed by atoms with Crippen LogP contribution in [-0.2, 0) is 6.54 Å². The first-order chi connectivity index (χ1) is 14.2. The molecule has 0 bridgehead atoms. The van der Waals surface area contributed by atoms with Crippen LogP contribution < -0.4 is 5.56 Å². The smallest absolute Gasteiger partial charge is 0.250 e. The molecule has 3 heterocycles. The first-order valence-electron chi connectivity index (χ1n) is 9.12. The molecule has 0 unspecified atom stereocenters. The number of nitrogens with zero attached hydrogens (tertiary/aromatic N) is 2. The number of halogens is 1. The van der Waals surface area contributed by atoms with E-state index in [0.717, 1.165) is 38.7 Å². The van der Waals surface area contributed by atoms with Crippen molar-refractivity contribution in [3.63, 3.8) is 0 Å². The van der Waals surface area contributed by atoms with Crippen LogP contribution >= 0.6 is 22.9 Å². The SMILES string of the molecule is O=c1ccc(-c2ccc3cn[nH]c3c2)cn1Cc1cc(Cl)ccc1-c1ccsc1. The third-order valence-electron chi connectivity index (χ3n) is 5.00. The van der Waals surface area contributed by atoms with E-state index in [0.29, 0.717) is 11.6 Å². The van der Waals surface area contributed by atoms with Gasteiger partial charge in [0.15, 0.2) is 0 Å². The summed E-state index contributed by atoms with van der Waals surface area (Å²) in [5.41, 5.74) is 6.16. The van der Waals surface area contributed by atoms with Crippen molar-refractivity contribution >= 4 is 33.8 Å². The molecule has 0 aliphatic rings. The Labute approximate surface area is 176 Å². The second-order valence-electron chi connectivity index (χ2n) is 6.87. The summed E-state index contributed by atoms with van der Waals surface area (Å²) >= 11 is 7.91. The summed E-state index contributed by atoms with van der Waals surface area (Å²) in [5, 5.41) is 12.9. The lowest BCUT2D eigenvalue weighted by molar-refractivity contribution is 0.762. The van der Waals surface area contributed by atoms with E-state index >= 15 is 0 Å². The highest BCUT2D eigenvalue weighted by molar-refractivity contribution is 7.08. The minimum Gasteiger partial charge on any atom is -0.310 e. The van der Waals surface area contributed by atoms with Crippen molar-refractivity contribution in [2.45, 2.75) is 6.54 Å². The number of hydrogen-bond donors (Lipinski definition) is 1. The van der Waals surface area contributed by atoms with Gasteiger partial charge in [0, 0.05) is 22.7 Å². The molecule has 5 rings (SSSR count). The molecule has 0 aliphatic carbocycles. The minimum absolute atomic E-state index is 0.0485. The Balaban J connectivity index is 1.57. The Hall–Kier alpha value is -3.15. The predicted octanol–water partition coefficient (Wildman–Crippen LogP) is 5.82. The van der Waals surface area contributed by atoms with Crippen LogP contribution in [0.2, 0.25) is 5.02 Å². The van der Waals surface area contributed by atoms with Crippen LogP contribution in [0, 0.1) is 0 Å². The van der Waals surface area contributed by atoms with Crippen molar-refractivity contribution in [3.05, 3.63) is 98.7 Å². The summed E-state index contributed by atoms with van der Waals surface area (Å²) in [4.78, 5) is 12.6. The Morgan fingerprint density at radius 3 is 2.76 bits per heavy atom. The minimum atomic E-state index is -0.0485. The van der Waals surface area contributed by atoms with Gasteiger partial charge in [0.05, 0.1) is 18.3 Å². The van der Waals surface area contributed by atoms with Gasteiger partial charge in [0.25, 0.3) is 5.56 Å². The maximum atomic E-state index is 12.6. The van der Waals surface area contributed by atoms with Gasteiger partial charge < -0.3 is 4.57 Å². The number of nitrogens with one attached hydrogen (secondary N) is 1. The molecule has 0 fully saturated rings. The molecule has 5 aromatic rings. The lowest BCUT2D eigenvalue weighted by Gasteiger charge is -2.13. The van der Waals surface area contributed by atoms with Crippen LogP contribution in [-0.4, -0.2) is 14.8 Å². The Bertz CT molecular complexity index is 1370. The van der Waals surface area contributed by atoms with Gasteiger partial charge in [-0.1, -0.05) is 29.8 Å². The second-order valence-corrected chi connectivity index (χ2v) is 8.09. The van der Waals surface area contributed by atoms with E-state index in [-0.39, 0.29) is 5.56 Å². The van der Waals surface area contributed by atoms with Crippen LogP contribution in [0.5, 0.6) is 0 Å². The summed E-state index contributed by atoms with van der Waals surface area (Å²) in [6.07, 6.45) is 3.70. The van der Waals surface area contributed by atoms with E-state index in [1.165, 1.54) is 0 Å². The Kier molecular flexibility index (Phi) is 4.54. The quantitative estimate of drug-likeness (QED) is 0.400. The summed E-state index contributed by atoms with van der Waals surface area (Å²) in [6, 6.07) is 17.5. The maximum absolute atomic E-state index is 12.6. The Morgan fingerprint density at radius 2 is 1.90 bits per heavy atom. The number of rotatable bonds is 4. The summed E-state index contributed by atoms with van der Waals surface area (Å²) in [6.45, 7) is 0.449. The van der Waals surface area contributed by atoms with E-state index in [2.05, 4.69) is 21.6 Å². The summed E-state index contributed by atoms with van der Waals surface area (Å²) < 4.78 is 1.73. The average molecular weight is 418 g/mol. The van der Waals surface area contributed by atoms with E-state index in [9.17, 15) is 4.79 Å². The number of pyridine rings is 1. The monoisotopic (exact) mass is 417 g/mol. The number of benzene rings is 2. The van der Waals surface area contributed by atoms with E-state index in [1.54, 1.807) is 28.2 Å². The number of aromatic nitrogens is 3. The van der Waals surface area contributed by atoms with Gasteiger partial charge in [-0.2, -0.15) is 16.4 Å². The molecule has 0 saturated heterocycles. The van der Waals surface area contributed by atoms with Crippen molar-refractivity contribution in [1.29, 1.82) is 0 Å². The van der Waals surface area contributed by atoms with Gasteiger partial charge in [-0.15, -0.1) is 0 Å². The van der Waals surface area contributed by atoms with Crippen molar-refractivity contribution in [3.8, 4) is 22.3 Å². The van der Waals surface area contributed by atoms with Gasteiger partial charge >= 0.3 is 0 Å². The number of H-pyrrole nitrogens is 1. The van der Waals surface area contributed by atoms with Gasteiger partial charge in [-0.05, 0) is 68.9 Å². The zero-order chi connectivity index (χ0) is 19.8. The highest BCUT2D eigenvalue weighted by atomic mass is 35.5. The molecule has 0 atom stereocenters. The average Bonchev–Trinajstić information content (AvgIpc) is 3.41. The zero-order valence-corrected chi connectivity index (χ0v) is 16.9. The van der Waals surface area contributed by atoms with Gasteiger partial charge in [0.2, 0.25) is 0 Å². The lowest BCUT2D eigenvalue weighted by Crippen LogP contribution is -2.19. The molecule has 4 nitrogen and oxygen atoms in total. The zero-order valence-electron chi connectivity index (χ0n) is 15.3. The molecule has 1 N–H and O–H groups in total. The number of fused-ring (bicyclic) bond motifs is 1. The molecule has 6 heteroatoms. The van der Waals surface area contributed by atoms with Crippen molar-refractivity contribution in [2.75, 3.05) is 0 Å². The van der Waals surface area contributed by atoms with Crippen LogP contribution in [0.4, 0.5) is 0 Å². The summed E-state index contributed by atoms with van der Waals surface area (Å²) in [7, 11) is 0. The fraction of sp³-hybridized carbons (Fsp3) is 0.0435. The van der Waals surface area contributed by atoms with Gasteiger partial charge in [-0.25, -0.2) is 0 Å². The molecular formula is C23H16ClN3OS. The second kappa shape index (κ2) is 7.35. The number of aromatic amines is 1. The molecule has 0 amide bonds. The fourth-order valence-corrected chi connectivity index (χ4v) is 4.37. The van der Waals surface area contributed by atoms with Crippen LogP contribution in [0.15, 0.2) is 82.5 Å². The fourth-order valence-electron chi connectivity index (χ4n) is 3.52. The highest BCUT2D eigenvalue weighted by Gasteiger charge is 2.10. The first kappa shape index (κ1) is 17.9. The van der Waals surface area contributed by atoms with E-state index in [1.807, 2.05) is 54.0 Å². The van der Waals surface area contributed by atoms with Crippen LogP contribution in [0.25, 0.3) is 33.2 Å². The number of thiophene rings is 1. The molecule has 0 saturated carbocycles. The number of hydrogen-bond acceptors (Lipinski definition) is 3. The van der Waals surface area contributed by atoms with Crippen molar-refractivity contribution in [1.82, 2.24) is 14.8 Å². The largest absolute Gasteiger partial charge is 0.310 e. The molecule has 142 valence electrons. The van der Waals surface area contributed by atoms with Gasteiger partial charge in [-0.3, -0.25) is 9.89 Å². The lowest BCUT2D eigenvalue weighted by atomic mass is 10.0. The molecule has 2 aromatic carbocycles. The standard InChI is InChI=1S/C23H16ClN3OS/c24-20-4-5-21(18-7-8-29-14-18)19(9-20)13-27-12-17(3-6-23(27)28)15-1-2-16-11-25-26-22(16)10-15/h1-12,14H,13H2,(H,25,26). The third-order valence-corrected chi connectivity index (χ3v) is 5.92. The van der Waals surface area contributed by atoms with Crippen molar-refractivity contribution in [2.24, 2.45) is 0 Å². The summed E-state index contributed by atoms with van der Waals surface area (Å²) in [5.74, 6) is 0. The molecule has 0 radical (unpaired) electrons.